The second-order valence-corrected chi connectivity index (χ2v) is 7.72. The van der Waals surface area contributed by atoms with Crippen LogP contribution in [0.2, 0.25) is 0 Å². The van der Waals surface area contributed by atoms with E-state index in [4.69, 9.17) is 0 Å². The minimum atomic E-state index is -0.338. The number of H-pyrrole nitrogens is 2. The summed E-state index contributed by atoms with van der Waals surface area (Å²) in [6.07, 6.45) is 7.85. The molecule has 6 nitrogen and oxygen atoms in total. The van der Waals surface area contributed by atoms with Gasteiger partial charge in [0.15, 0.2) is 0 Å². The first-order valence-electron chi connectivity index (χ1n) is 10.0. The number of fused-ring (bicyclic) bond motifs is 1. The normalized spacial score (nSPS) is 16.2. The van der Waals surface area contributed by atoms with E-state index in [-0.39, 0.29) is 23.4 Å². The summed E-state index contributed by atoms with van der Waals surface area (Å²) in [5.74, 6) is 0.685. The van der Waals surface area contributed by atoms with Gasteiger partial charge in [0, 0.05) is 35.5 Å². The summed E-state index contributed by atoms with van der Waals surface area (Å²) in [6, 6.07) is 9.25. The SMILES string of the molecule is Cc1nc(C(Cc2c[nH]c3ccccc23)NC(=O)C2CCCCC2)cc(=O)[nH]1. The van der Waals surface area contributed by atoms with E-state index in [0.717, 1.165) is 42.1 Å². The van der Waals surface area contributed by atoms with Crippen molar-refractivity contribution in [3.63, 3.8) is 0 Å². The first-order chi connectivity index (χ1) is 13.6. The number of hydrogen-bond donors (Lipinski definition) is 3. The number of para-hydroxylation sites is 1. The average molecular weight is 378 g/mol. The Hall–Kier alpha value is -2.89. The van der Waals surface area contributed by atoms with Crippen molar-refractivity contribution in [3.8, 4) is 0 Å². The summed E-state index contributed by atoms with van der Waals surface area (Å²) in [6.45, 7) is 1.76. The Balaban J connectivity index is 1.64. The number of aromatic amines is 2. The van der Waals surface area contributed by atoms with Crippen molar-refractivity contribution in [3.05, 3.63) is 64.0 Å². The van der Waals surface area contributed by atoms with Crippen LogP contribution in [0.4, 0.5) is 0 Å². The van der Waals surface area contributed by atoms with Gasteiger partial charge in [-0.05, 0) is 31.4 Å². The summed E-state index contributed by atoms with van der Waals surface area (Å²) in [5.41, 5.74) is 2.57. The van der Waals surface area contributed by atoms with Crippen molar-refractivity contribution in [2.24, 2.45) is 5.92 Å². The van der Waals surface area contributed by atoms with Crippen molar-refractivity contribution < 1.29 is 4.79 Å². The fourth-order valence-electron chi connectivity index (χ4n) is 4.19. The molecule has 0 bridgehead atoms. The molecule has 0 spiro atoms. The Morgan fingerprint density at radius 1 is 1.25 bits per heavy atom. The minimum Gasteiger partial charge on any atom is -0.361 e. The molecule has 1 atom stereocenters. The number of aryl methyl sites for hydroxylation is 1. The van der Waals surface area contributed by atoms with E-state index in [2.05, 4.69) is 26.3 Å². The zero-order valence-electron chi connectivity index (χ0n) is 16.1. The van der Waals surface area contributed by atoms with Crippen molar-refractivity contribution in [1.29, 1.82) is 0 Å². The number of hydrogen-bond acceptors (Lipinski definition) is 3. The molecule has 1 aliphatic carbocycles. The maximum Gasteiger partial charge on any atom is 0.251 e. The van der Waals surface area contributed by atoms with Crippen LogP contribution in [0.15, 0.2) is 41.3 Å². The lowest BCUT2D eigenvalue weighted by Gasteiger charge is -2.25. The predicted molar refractivity (Wildman–Crippen MR) is 109 cm³/mol. The number of carbonyl (C=O) groups is 1. The van der Waals surface area contributed by atoms with Gasteiger partial charge in [-0.3, -0.25) is 9.59 Å². The van der Waals surface area contributed by atoms with Crippen LogP contribution in [-0.2, 0) is 11.2 Å². The van der Waals surface area contributed by atoms with Gasteiger partial charge in [0.2, 0.25) is 5.91 Å². The zero-order chi connectivity index (χ0) is 19.5. The Morgan fingerprint density at radius 3 is 2.82 bits per heavy atom. The van der Waals surface area contributed by atoms with Crippen LogP contribution in [0.3, 0.4) is 0 Å². The number of carbonyl (C=O) groups excluding carboxylic acids is 1. The van der Waals surface area contributed by atoms with Gasteiger partial charge in [-0.15, -0.1) is 0 Å². The number of amides is 1. The van der Waals surface area contributed by atoms with E-state index in [1.54, 1.807) is 6.92 Å². The Labute approximate surface area is 163 Å². The van der Waals surface area contributed by atoms with Crippen molar-refractivity contribution in [1.82, 2.24) is 20.3 Å². The standard InChI is InChI=1S/C22H26N4O2/c1-14-24-20(12-21(27)25-14)19(26-22(28)15-7-3-2-4-8-15)11-16-13-23-18-10-6-5-9-17(16)18/h5-6,9-10,12-13,15,19,23H,2-4,7-8,11H2,1H3,(H,26,28)(H,24,25,27). The smallest absolute Gasteiger partial charge is 0.251 e. The summed E-state index contributed by atoms with van der Waals surface area (Å²) in [4.78, 5) is 35.4. The van der Waals surface area contributed by atoms with Gasteiger partial charge in [0.05, 0.1) is 11.7 Å². The number of benzene rings is 1. The van der Waals surface area contributed by atoms with E-state index in [9.17, 15) is 9.59 Å². The number of rotatable bonds is 5. The topological polar surface area (TPSA) is 90.6 Å². The summed E-state index contributed by atoms with van der Waals surface area (Å²) in [5, 5.41) is 4.32. The van der Waals surface area contributed by atoms with E-state index < -0.39 is 0 Å². The molecule has 0 saturated heterocycles. The highest BCUT2D eigenvalue weighted by atomic mass is 16.2. The zero-order valence-corrected chi connectivity index (χ0v) is 16.1. The highest BCUT2D eigenvalue weighted by Crippen LogP contribution is 2.27. The number of aromatic nitrogens is 3. The lowest BCUT2D eigenvalue weighted by Crippen LogP contribution is -2.36. The predicted octanol–water partition coefficient (Wildman–Crippen LogP) is 3.54. The molecule has 3 N–H and O–H groups in total. The molecule has 6 heteroatoms. The summed E-state index contributed by atoms with van der Waals surface area (Å²) < 4.78 is 0. The van der Waals surface area contributed by atoms with Gasteiger partial charge in [-0.1, -0.05) is 37.5 Å². The number of nitrogens with one attached hydrogen (secondary N) is 3. The van der Waals surface area contributed by atoms with Crippen LogP contribution in [0.25, 0.3) is 10.9 Å². The Morgan fingerprint density at radius 2 is 2.04 bits per heavy atom. The van der Waals surface area contributed by atoms with E-state index in [0.29, 0.717) is 17.9 Å². The molecule has 1 fully saturated rings. The van der Waals surface area contributed by atoms with Crippen LogP contribution in [0.1, 0.15) is 55.2 Å². The molecule has 3 aromatic rings. The van der Waals surface area contributed by atoms with Crippen LogP contribution < -0.4 is 10.9 Å². The highest BCUT2D eigenvalue weighted by molar-refractivity contribution is 5.83. The monoisotopic (exact) mass is 378 g/mol. The lowest BCUT2D eigenvalue weighted by molar-refractivity contribution is -0.126. The first kappa shape index (κ1) is 18.5. The largest absolute Gasteiger partial charge is 0.361 e. The molecule has 1 saturated carbocycles. The second-order valence-electron chi connectivity index (χ2n) is 7.72. The molecule has 0 radical (unpaired) electrons. The fourth-order valence-corrected chi connectivity index (χ4v) is 4.19. The van der Waals surface area contributed by atoms with E-state index in [1.165, 1.54) is 12.5 Å². The molecular formula is C22H26N4O2. The third-order valence-electron chi connectivity index (χ3n) is 5.63. The van der Waals surface area contributed by atoms with Crippen molar-refractivity contribution >= 4 is 16.8 Å². The van der Waals surface area contributed by atoms with Crippen molar-refractivity contribution in [2.75, 3.05) is 0 Å². The summed E-state index contributed by atoms with van der Waals surface area (Å²) in [7, 11) is 0. The summed E-state index contributed by atoms with van der Waals surface area (Å²) >= 11 is 0. The molecule has 1 unspecified atom stereocenters. The molecule has 146 valence electrons. The molecular weight excluding hydrogens is 352 g/mol. The van der Waals surface area contributed by atoms with Crippen molar-refractivity contribution in [2.45, 2.75) is 51.5 Å². The molecule has 2 aromatic heterocycles. The van der Waals surface area contributed by atoms with E-state index >= 15 is 0 Å². The van der Waals surface area contributed by atoms with Crippen LogP contribution >= 0.6 is 0 Å². The van der Waals surface area contributed by atoms with Crippen LogP contribution in [0, 0.1) is 12.8 Å². The lowest BCUT2D eigenvalue weighted by atomic mass is 9.88. The fraction of sp³-hybridized carbons (Fsp3) is 0.409. The van der Waals surface area contributed by atoms with Gasteiger partial charge in [0.25, 0.3) is 5.56 Å². The second kappa shape index (κ2) is 8.00. The van der Waals surface area contributed by atoms with Gasteiger partial charge >= 0.3 is 0 Å². The quantitative estimate of drug-likeness (QED) is 0.634. The molecule has 2 heterocycles. The first-order valence-corrected chi connectivity index (χ1v) is 10.0. The molecule has 28 heavy (non-hydrogen) atoms. The van der Waals surface area contributed by atoms with Crippen LogP contribution in [0.5, 0.6) is 0 Å². The molecule has 0 aliphatic heterocycles. The third-order valence-corrected chi connectivity index (χ3v) is 5.63. The Kier molecular flexibility index (Phi) is 5.28. The number of nitrogens with zero attached hydrogens (tertiary/aromatic N) is 1. The highest BCUT2D eigenvalue weighted by Gasteiger charge is 2.25. The average Bonchev–Trinajstić information content (AvgIpc) is 3.10. The van der Waals surface area contributed by atoms with Gasteiger partial charge in [0.1, 0.15) is 5.82 Å². The van der Waals surface area contributed by atoms with Gasteiger partial charge in [-0.2, -0.15) is 0 Å². The molecule has 4 rings (SSSR count). The molecule has 1 aliphatic rings. The maximum absolute atomic E-state index is 12.9. The van der Waals surface area contributed by atoms with E-state index in [1.807, 2.05) is 24.4 Å². The maximum atomic E-state index is 12.9. The van der Waals surface area contributed by atoms with Crippen LogP contribution in [-0.4, -0.2) is 20.9 Å². The third kappa shape index (κ3) is 4.01. The van der Waals surface area contributed by atoms with Gasteiger partial charge in [-0.25, -0.2) is 4.98 Å². The Bertz CT molecular complexity index is 1030. The molecule has 1 aromatic carbocycles. The van der Waals surface area contributed by atoms with Gasteiger partial charge < -0.3 is 15.3 Å². The minimum absolute atomic E-state index is 0.0577. The molecule has 1 amide bonds.